The lowest BCUT2D eigenvalue weighted by Crippen LogP contribution is -2.31. The lowest BCUT2D eigenvalue weighted by molar-refractivity contribution is 0.00578. The number of rotatable bonds is 10. The van der Waals surface area contributed by atoms with Gasteiger partial charge >= 0.3 is 0 Å². The van der Waals surface area contributed by atoms with E-state index in [4.69, 9.17) is 9.15 Å². The summed E-state index contributed by atoms with van der Waals surface area (Å²) in [5.41, 5.74) is 0.744. The van der Waals surface area contributed by atoms with E-state index in [1.54, 1.807) is 18.4 Å². The van der Waals surface area contributed by atoms with E-state index in [1.165, 1.54) is 18.9 Å². The molecule has 9 heteroatoms. The SMILES string of the molecule is CCC(Nc1cccc(S(=O)(=O)NCCOC2CCC2)n1)c1cocn1. The molecule has 2 aromatic heterocycles. The summed E-state index contributed by atoms with van der Waals surface area (Å²) in [7, 11) is -3.68. The third kappa shape index (κ3) is 4.80. The van der Waals surface area contributed by atoms with Crippen molar-refractivity contribution in [3.63, 3.8) is 0 Å². The Kier molecular flexibility index (Phi) is 6.23. The molecule has 2 heterocycles. The molecule has 1 unspecified atom stereocenters. The highest BCUT2D eigenvalue weighted by molar-refractivity contribution is 7.89. The molecule has 0 spiro atoms. The molecule has 2 aromatic rings. The van der Waals surface area contributed by atoms with Crippen LogP contribution in [-0.4, -0.2) is 37.6 Å². The summed E-state index contributed by atoms with van der Waals surface area (Å²) in [5, 5.41) is 3.16. The van der Waals surface area contributed by atoms with Gasteiger partial charge in [-0.15, -0.1) is 0 Å². The molecular weight excluding hydrogens is 356 g/mol. The van der Waals surface area contributed by atoms with Gasteiger partial charge in [-0.05, 0) is 37.8 Å². The number of nitrogens with one attached hydrogen (secondary N) is 2. The van der Waals surface area contributed by atoms with Crippen LogP contribution in [-0.2, 0) is 14.8 Å². The summed E-state index contributed by atoms with van der Waals surface area (Å²) in [4.78, 5) is 8.35. The highest BCUT2D eigenvalue weighted by Gasteiger charge is 2.20. The van der Waals surface area contributed by atoms with Crippen molar-refractivity contribution in [3.05, 3.63) is 36.5 Å². The minimum Gasteiger partial charge on any atom is -0.451 e. The van der Waals surface area contributed by atoms with Crippen molar-refractivity contribution < 1.29 is 17.6 Å². The molecule has 0 aliphatic heterocycles. The van der Waals surface area contributed by atoms with E-state index in [-0.39, 0.29) is 23.7 Å². The summed E-state index contributed by atoms with van der Waals surface area (Å²) < 4.78 is 37.9. The predicted molar refractivity (Wildman–Crippen MR) is 96.2 cm³/mol. The summed E-state index contributed by atoms with van der Waals surface area (Å²) in [6.45, 7) is 2.59. The number of oxazole rings is 1. The standard InChI is InChI=1S/C17H24N4O4S/c1-2-14(15-11-24-12-18-15)20-16-7-4-8-17(21-16)26(22,23)19-9-10-25-13-5-3-6-13/h4,7-8,11-14,19H,2-3,5-6,9-10H2,1H3,(H,20,21). The fourth-order valence-corrected chi connectivity index (χ4v) is 3.59. The average molecular weight is 380 g/mol. The Hall–Kier alpha value is -1.97. The van der Waals surface area contributed by atoms with Crippen LogP contribution in [0.2, 0.25) is 0 Å². The molecule has 1 fully saturated rings. The number of sulfonamides is 1. The minimum absolute atomic E-state index is 0.0267. The van der Waals surface area contributed by atoms with E-state index in [2.05, 4.69) is 20.0 Å². The summed E-state index contributed by atoms with van der Waals surface area (Å²) in [6.07, 6.45) is 7.27. The van der Waals surface area contributed by atoms with Crippen molar-refractivity contribution in [1.29, 1.82) is 0 Å². The monoisotopic (exact) mass is 380 g/mol. The van der Waals surface area contributed by atoms with E-state index in [1.807, 2.05) is 6.92 Å². The van der Waals surface area contributed by atoms with Crippen molar-refractivity contribution in [3.8, 4) is 0 Å². The molecule has 0 amide bonds. The Morgan fingerprint density at radius 2 is 2.23 bits per heavy atom. The Morgan fingerprint density at radius 1 is 1.38 bits per heavy atom. The van der Waals surface area contributed by atoms with Crippen LogP contribution in [0.25, 0.3) is 0 Å². The van der Waals surface area contributed by atoms with E-state index in [0.29, 0.717) is 12.4 Å². The first kappa shape index (κ1) is 18.8. The lowest BCUT2D eigenvalue weighted by Gasteiger charge is -2.25. The Balaban J connectivity index is 1.59. The third-order valence-electron chi connectivity index (χ3n) is 4.34. The zero-order valence-corrected chi connectivity index (χ0v) is 15.5. The molecule has 0 saturated heterocycles. The summed E-state index contributed by atoms with van der Waals surface area (Å²) in [5.74, 6) is 0.466. The van der Waals surface area contributed by atoms with E-state index >= 15 is 0 Å². The van der Waals surface area contributed by atoms with Gasteiger partial charge in [0.2, 0.25) is 0 Å². The van der Waals surface area contributed by atoms with Crippen LogP contribution in [0.1, 0.15) is 44.3 Å². The number of anilines is 1. The molecular formula is C17H24N4O4S. The van der Waals surface area contributed by atoms with Gasteiger partial charge in [-0.3, -0.25) is 0 Å². The summed E-state index contributed by atoms with van der Waals surface area (Å²) in [6, 6.07) is 4.74. The van der Waals surface area contributed by atoms with Gasteiger partial charge in [0.1, 0.15) is 17.8 Å². The van der Waals surface area contributed by atoms with Crippen LogP contribution in [0, 0.1) is 0 Å². The number of hydrogen-bond donors (Lipinski definition) is 2. The number of hydrogen-bond acceptors (Lipinski definition) is 7. The molecule has 1 saturated carbocycles. The fraction of sp³-hybridized carbons (Fsp3) is 0.529. The van der Waals surface area contributed by atoms with E-state index in [9.17, 15) is 8.42 Å². The predicted octanol–water partition coefficient (Wildman–Crippen LogP) is 2.48. The van der Waals surface area contributed by atoms with Crippen LogP contribution >= 0.6 is 0 Å². The first-order chi connectivity index (χ1) is 12.6. The van der Waals surface area contributed by atoms with Crippen molar-refractivity contribution >= 4 is 15.8 Å². The third-order valence-corrected chi connectivity index (χ3v) is 5.70. The Morgan fingerprint density at radius 3 is 2.88 bits per heavy atom. The number of pyridine rings is 1. The Bertz CT molecular complexity index is 791. The zero-order valence-electron chi connectivity index (χ0n) is 14.7. The molecule has 142 valence electrons. The van der Waals surface area contributed by atoms with Gasteiger partial charge in [-0.25, -0.2) is 23.1 Å². The second kappa shape index (κ2) is 8.61. The zero-order chi connectivity index (χ0) is 18.4. The van der Waals surface area contributed by atoms with Gasteiger partial charge in [-0.2, -0.15) is 0 Å². The van der Waals surface area contributed by atoms with Gasteiger partial charge in [0.25, 0.3) is 10.0 Å². The fourth-order valence-electron chi connectivity index (χ4n) is 2.62. The number of nitrogens with zero attached hydrogens (tertiary/aromatic N) is 2. The molecule has 1 aliphatic carbocycles. The van der Waals surface area contributed by atoms with Crippen LogP contribution in [0.4, 0.5) is 5.82 Å². The highest BCUT2D eigenvalue weighted by Crippen LogP contribution is 2.22. The molecule has 3 rings (SSSR count). The molecule has 2 N–H and O–H groups in total. The van der Waals surface area contributed by atoms with Crippen molar-refractivity contribution in [2.45, 2.75) is 49.8 Å². The molecule has 0 bridgehead atoms. The second-order valence-electron chi connectivity index (χ2n) is 6.20. The van der Waals surface area contributed by atoms with Crippen LogP contribution in [0.5, 0.6) is 0 Å². The molecule has 0 aromatic carbocycles. The van der Waals surface area contributed by atoms with Gasteiger partial charge < -0.3 is 14.5 Å². The van der Waals surface area contributed by atoms with E-state index < -0.39 is 10.0 Å². The van der Waals surface area contributed by atoms with Gasteiger partial charge in [-0.1, -0.05) is 13.0 Å². The minimum atomic E-state index is -3.68. The Labute approximate surface area is 153 Å². The average Bonchev–Trinajstić information content (AvgIpc) is 3.12. The van der Waals surface area contributed by atoms with Crippen LogP contribution in [0.3, 0.4) is 0 Å². The smallest absolute Gasteiger partial charge is 0.258 e. The van der Waals surface area contributed by atoms with Gasteiger partial charge in [0.15, 0.2) is 11.4 Å². The highest BCUT2D eigenvalue weighted by atomic mass is 32.2. The van der Waals surface area contributed by atoms with Crippen LogP contribution in [0.15, 0.2) is 40.3 Å². The normalized spacial score (nSPS) is 16.2. The molecule has 1 atom stereocenters. The lowest BCUT2D eigenvalue weighted by atomic mass is 9.96. The molecule has 1 aliphatic rings. The number of aromatic nitrogens is 2. The largest absolute Gasteiger partial charge is 0.451 e. The quantitative estimate of drug-likeness (QED) is 0.610. The molecule has 8 nitrogen and oxygen atoms in total. The van der Waals surface area contributed by atoms with Crippen molar-refractivity contribution in [1.82, 2.24) is 14.7 Å². The maximum absolute atomic E-state index is 12.4. The van der Waals surface area contributed by atoms with Crippen molar-refractivity contribution in [2.24, 2.45) is 0 Å². The van der Waals surface area contributed by atoms with Crippen molar-refractivity contribution in [2.75, 3.05) is 18.5 Å². The molecule has 26 heavy (non-hydrogen) atoms. The van der Waals surface area contributed by atoms with E-state index in [0.717, 1.165) is 25.0 Å². The topological polar surface area (TPSA) is 106 Å². The van der Waals surface area contributed by atoms with Gasteiger partial charge in [0, 0.05) is 6.54 Å². The summed E-state index contributed by atoms with van der Waals surface area (Å²) >= 11 is 0. The maximum Gasteiger partial charge on any atom is 0.258 e. The maximum atomic E-state index is 12.4. The first-order valence-corrected chi connectivity index (χ1v) is 10.3. The van der Waals surface area contributed by atoms with Gasteiger partial charge in [0.05, 0.1) is 18.8 Å². The first-order valence-electron chi connectivity index (χ1n) is 8.81. The van der Waals surface area contributed by atoms with Crippen LogP contribution < -0.4 is 10.0 Å². The molecule has 0 radical (unpaired) electrons. The second-order valence-corrected chi connectivity index (χ2v) is 7.91. The number of ether oxygens (including phenoxy) is 1.